The first-order valence-corrected chi connectivity index (χ1v) is 9.30. The highest BCUT2D eigenvalue weighted by atomic mass is 16.5. The molecule has 0 saturated carbocycles. The maximum atomic E-state index is 11.4. The summed E-state index contributed by atoms with van der Waals surface area (Å²) >= 11 is 0. The van der Waals surface area contributed by atoms with E-state index in [1.807, 2.05) is 30.3 Å². The number of nitrogens with zero attached hydrogens (tertiary/aromatic N) is 2. The van der Waals surface area contributed by atoms with E-state index in [4.69, 9.17) is 4.74 Å². The molecular formula is C22H26N2O3. The number of hydrogen-bond donors (Lipinski definition) is 1. The summed E-state index contributed by atoms with van der Waals surface area (Å²) in [5.74, 6) is -0.438. The number of carboxylic acid groups (broad SMARTS) is 1. The molecule has 1 N–H and O–H groups in total. The number of unbranched alkanes of at least 4 members (excludes halogenated alkanes) is 1. The van der Waals surface area contributed by atoms with Crippen molar-refractivity contribution in [1.29, 1.82) is 0 Å². The lowest BCUT2D eigenvalue weighted by atomic mass is 10.0. The van der Waals surface area contributed by atoms with E-state index >= 15 is 0 Å². The first-order valence-electron chi connectivity index (χ1n) is 9.30. The second-order valence-corrected chi connectivity index (χ2v) is 7.30. The van der Waals surface area contributed by atoms with Crippen LogP contribution in [0.25, 0.3) is 22.0 Å². The first kappa shape index (κ1) is 19.0. The number of hydrogen-bond acceptors (Lipinski definition) is 3. The lowest BCUT2D eigenvalue weighted by molar-refractivity contribution is -0.152. The average Bonchev–Trinajstić information content (AvgIpc) is 2.91. The number of carbonyl (C=O) groups is 1. The fraction of sp³-hybridized carbons (Fsp3) is 0.364. The van der Waals surface area contributed by atoms with Gasteiger partial charge in [0.15, 0.2) is 5.60 Å². The zero-order valence-corrected chi connectivity index (χ0v) is 16.3. The van der Waals surface area contributed by atoms with Gasteiger partial charge in [-0.3, -0.25) is 4.98 Å². The maximum absolute atomic E-state index is 11.4. The Morgan fingerprint density at radius 1 is 1.22 bits per heavy atom. The second kappa shape index (κ2) is 7.43. The molecule has 0 bridgehead atoms. The molecule has 0 atom stereocenters. The molecule has 0 saturated heterocycles. The lowest BCUT2D eigenvalue weighted by Crippen LogP contribution is -2.37. The van der Waals surface area contributed by atoms with Gasteiger partial charge in [-0.05, 0) is 63.1 Å². The van der Waals surface area contributed by atoms with Crippen LogP contribution >= 0.6 is 0 Å². The number of aromatic nitrogens is 2. The molecule has 0 unspecified atom stereocenters. The highest BCUT2D eigenvalue weighted by molar-refractivity contribution is 5.98. The van der Waals surface area contributed by atoms with Crippen LogP contribution in [0.2, 0.25) is 0 Å². The summed E-state index contributed by atoms with van der Waals surface area (Å²) in [7, 11) is 0. The molecule has 0 spiro atoms. The van der Waals surface area contributed by atoms with Crippen LogP contribution in [-0.2, 0) is 11.3 Å². The van der Waals surface area contributed by atoms with Crippen molar-refractivity contribution in [2.24, 2.45) is 0 Å². The van der Waals surface area contributed by atoms with Crippen molar-refractivity contribution in [3.63, 3.8) is 0 Å². The molecule has 5 heteroatoms. The van der Waals surface area contributed by atoms with Crippen LogP contribution in [0.5, 0.6) is 5.75 Å². The lowest BCUT2D eigenvalue weighted by Gasteiger charge is -2.21. The summed E-state index contributed by atoms with van der Waals surface area (Å²) in [6, 6.07) is 9.83. The minimum absolute atomic E-state index is 0.554. The predicted octanol–water partition coefficient (Wildman–Crippen LogP) is 5.05. The molecule has 1 aromatic carbocycles. The van der Waals surface area contributed by atoms with E-state index in [2.05, 4.69) is 23.4 Å². The minimum atomic E-state index is -1.29. The van der Waals surface area contributed by atoms with Gasteiger partial charge in [0.05, 0.1) is 0 Å². The van der Waals surface area contributed by atoms with Crippen molar-refractivity contribution in [3.05, 3.63) is 48.4 Å². The number of pyridine rings is 1. The molecule has 0 aliphatic heterocycles. The standard InChI is InChI=1S/C22H26N2O3/c1-5-6-13-24-15(2)20(16-9-11-23-12-10-16)18-14-17(7-8-19(18)24)27-22(3,4)21(25)26/h7-12,14H,5-6,13H2,1-4H3,(H,25,26). The summed E-state index contributed by atoms with van der Waals surface area (Å²) in [6.07, 6.45) is 5.80. The molecule has 3 aromatic rings. The third kappa shape index (κ3) is 3.68. The van der Waals surface area contributed by atoms with Gasteiger partial charge in [-0.15, -0.1) is 0 Å². The van der Waals surface area contributed by atoms with Gasteiger partial charge >= 0.3 is 5.97 Å². The number of aliphatic carboxylic acids is 1. The Morgan fingerprint density at radius 3 is 2.56 bits per heavy atom. The zero-order chi connectivity index (χ0) is 19.6. The molecule has 0 fully saturated rings. The third-order valence-electron chi connectivity index (χ3n) is 4.89. The van der Waals surface area contributed by atoms with Gasteiger partial charge in [0.1, 0.15) is 5.75 Å². The molecule has 0 aliphatic rings. The fourth-order valence-electron chi connectivity index (χ4n) is 3.35. The monoisotopic (exact) mass is 366 g/mol. The molecule has 27 heavy (non-hydrogen) atoms. The van der Waals surface area contributed by atoms with Crippen LogP contribution < -0.4 is 4.74 Å². The van der Waals surface area contributed by atoms with Crippen molar-refractivity contribution in [1.82, 2.24) is 9.55 Å². The smallest absolute Gasteiger partial charge is 0.347 e. The number of carboxylic acids is 1. The van der Waals surface area contributed by atoms with Gasteiger partial charge in [0.2, 0.25) is 0 Å². The number of ether oxygens (including phenoxy) is 1. The molecule has 5 nitrogen and oxygen atoms in total. The van der Waals surface area contributed by atoms with Gasteiger partial charge in [0.25, 0.3) is 0 Å². The molecule has 142 valence electrons. The van der Waals surface area contributed by atoms with Gasteiger partial charge in [-0.25, -0.2) is 4.79 Å². The van der Waals surface area contributed by atoms with Crippen molar-refractivity contribution >= 4 is 16.9 Å². The Morgan fingerprint density at radius 2 is 1.93 bits per heavy atom. The Bertz CT molecular complexity index is 959. The maximum Gasteiger partial charge on any atom is 0.347 e. The summed E-state index contributed by atoms with van der Waals surface area (Å²) in [6.45, 7) is 8.38. The van der Waals surface area contributed by atoms with Gasteiger partial charge < -0.3 is 14.4 Å². The summed E-state index contributed by atoms with van der Waals surface area (Å²) in [4.78, 5) is 15.5. The second-order valence-electron chi connectivity index (χ2n) is 7.30. The SMILES string of the molecule is CCCCn1c(C)c(-c2ccncc2)c2cc(OC(C)(C)C(=O)O)ccc21. The quantitative estimate of drug-likeness (QED) is 0.635. The molecule has 0 amide bonds. The van der Waals surface area contributed by atoms with Crippen LogP contribution in [0.3, 0.4) is 0 Å². The Balaban J connectivity index is 2.17. The van der Waals surface area contributed by atoms with Gasteiger partial charge in [-0.1, -0.05) is 13.3 Å². The molecule has 2 heterocycles. The summed E-state index contributed by atoms with van der Waals surface area (Å²) in [5.41, 5.74) is 3.27. The highest BCUT2D eigenvalue weighted by Crippen LogP contribution is 2.37. The van der Waals surface area contributed by atoms with E-state index < -0.39 is 11.6 Å². The summed E-state index contributed by atoms with van der Waals surface area (Å²) < 4.78 is 8.11. The van der Waals surface area contributed by atoms with E-state index in [0.717, 1.165) is 41.4 Å². The average molecular weight is 366 g/mol. The van der Waals surface area contributed by atoms with Crippen molar-refractivity contribution < 1.29 is 14.6 Å². The number of fused-ring (bicyclic) bond motifs is 1. The van der Waals surface area contributed by atoms with Crippen LogP contribution in [0.4, 0.5) is 0 Å². The highest BCUT2D eigenvalue weighted by Gasteiger charge is 2.29. The number of aryl methyl sites for hydroxylation is 1. The van der Waals surface area contributed by atoms with Crippen LogP contribution in [0, 0.1) is 6.92 Å². The largest absolute Gasteiger partial charge is 0.478 e. The molecule has 3 rings (SSSR count). The minimum Gasteiger partial charge on any atom is -0.478 e. The third-order valence-corrected chi connectivity index (χ3v) is 4.89. The normalized spacial score (nSPS) is 11.7. The predicted molar refractivity (Wildman–Crippen MR) is 107 cm³/mol. The Hall–Kier alpha value is -2.82. The van der Waals surface area contributed by atoms with Crippen molar-refractivity contribution in [2.75, 3.05) is 0 Å². The van der Waals surface area contributed by atoms with E-state index in [0.29, 0.717) is 5.75 Å². The summed E-state index contributed by atoms with van der Waals surface area (Å²) in [5, 5.41) is 10.4. The zero-order valence-electron chi connectivity index (χ0n) is 16.3. The molecule has 0 radical (unpaired) electrons. The molecular weight excluding hydrogens is 340 g/mol. The van der Waals surface area contributed by atoms with E-state index in [1.165, 1.54) is 5.69 Å². The van der Waals surface area contributed by atoms with Crippen LogP contribution in [-0.4, -0.2) is 26.2 Å². The van der Waals surface area contributed by atoms with E-state index in [-0.39, 0.29) is 0 Å². The van der Waals surface area contributed by atoms with E-state index in [9.17, 15) is 9.90 Å². The van der Waals surface area contributed by atoms with Crippen molar-refractivity contribution in [2.45, 2.75) is 52.7 Å². The fourth-order valence-corrected chi connectivity index (χ4v) is 3.35. The Labute approximate surface area is 159 Å². The van der Waals surface area contributed by atoms with E-state index in [1.54, 1.807) is 26.2 Å². The molecule has 2 aromatic heterocycles. The van der Waals surface area contributed by atoms with Crippen LogP contribution in [0.15, 0.2) is 42.7 Å². The van der Waals surface area contributed by atoms with Crippen LogP contribution in [0.1, 0.15) is 39.3 Å². The van der Waals surface area contributed by atoms with Crippen molar-refractivity contribution in [3.8, 4) is 16.9 Å². The van der Waals surface area contributed by atoms with Gasteiger partial charge in [0, 0.05) is 41.1 Å². The number of benzene rings is 1. The molecule has 0 aliphatic carbocycles. The Kier molecular flexibility index (Phi) is 5.22. The topological polar surface area (TPSA) is 64.4 Å². The van der Waals surface area contributed by atoms with Gasteiger partial charge in [-0.2, -0.15) is 0 Å². The number of rotatable bonds is 7. The first-order chi connectivity index (χ1) is 12.8.